The van der Waals surface area contributed by atoms with E-state index in [1.165, 1.54) is 0 Å². The van der Waals surface area contributed by atoms with E-state index in [1.807, 2.05) is 14.1 Å². The number of carbonyl (C=O) groups excluding carboxylic acids is 2. The van der Waals surface area contributed by atoms with Crippen LogP contribution in [0, 0.1) is 0 Å². The molecule has 0 aromatic carbocycles. The number of carbonyl (C=O) groups is 2. The van der Waals surface area contributed by atoms with Crippen LogP contribution in [0.5, 0.6) is 0 Å². The lowest BCUT2D eigenvalue weighted by Crippen LogP contribution is -2.43. The molecule has 92 valence electrons. The Morgan fingerprint density at radius 3 is 2.19 bits per heavy atom. The summed E-state index contributed by atoms with van der Waals surface area (Å²) in [6, 6.07) is 0. The summed E-state index contributed by atoms with van der Waals surface area (Å²) >= 11 is 0. The number of rotatable bonds is 7. The second-order valence-electron chi connectivity index (χ2n) is 4.75. The summed E-state index contributed by atoms with van der Waals surface area (Å²) in [4.78, 5) is 22.0. The van der Waals surface area contributed by atoms with E-state index in [9.17, 15) is 9.59 Å². The zero-order valence-corrected chi connectivity index (χ0v) is 10.7. The minimum absolute atomic E-state index is 0.185. The van der Waals surface area contributed by atoms with Crippen molar-refractivity contribution in [2.75, 3.05) is 33.8 Å². The van der Waals surface area contributed by atoms with Crippen molar-refractivity contribution >= 4 is 11.8 Å². The van der Waals surface area contributed by atoms with Gasteiger partial charge >= 0.3 is 5.97 Å². The highest BCUT2D eigenvalue weighted by Crippen LogP contribution is 2.01. The third-order valence-electron chi connectivity index (χ3n) is 2.35. The van der Waals surface area contributed by atoms with Crippen molar-refractivity contribution < 1.29 is 18.8 Å². The normalized spacial score (nSPS) is 11.0. The van der Waals surface area contributed by atoms with Crippen LogP contribution in [0.25, 0.3) is 0 Å². The molecule has 0 bridgehead atoms. The minimum Gasteiger partial charge on any atom is -0.456 e. The van der Waals surface area contributed by atoms with E-state index >= 15 is 0 Å². The lowest BCUT2D eigenvalue weighted by Gasteiger charge is -2.29. The number of esters is 1. The summed E-state index contributed by atoms with van der Waals surface area (Å²) in [5.41, 5.74) is 0.411. The Labute approximate surface area is 97.5 Å². The van der Waals surface area contributed by atoms with Crippen molar-refractivity contribution in [3.63, 3.8) is 0 Å². The molecule has 0 aromatic rings. The fourth-order valence-electron chi connectivity index (χ4n) is 1.08. The highest BCUT2D eigenvalue weighted by atomic mass is 16.5. The number of hydrogen-bond acceptors (Lipinski definition) is 3. The largest absolute Gasteiger partial charge is 0.456 e. The van der Waals surface area contributed by atoms with Gasteiger partial charge in [-0.2, -0.15) is 0 Å². The molecule has 0 unspecified atom stereocenters. The van der Waals surface area contributed by atoms with Crippen LogP contribution in [0.15, 0.2) is 12.2 Å². The van der Waals surface area contributed by atoms with Crippen LogP contribution >= 0.6 is 0 Å². The van der Waals surface area contributed by atoms with Gasteiger partial charge in [-0.3, -0.25) is 4.79 Å². The molecule has 0 fully saturated rings. The van der Waals surface area contributed by atoms with Gasteiger partial charge in [0.25, 0.3) is 0 Å². The Morgan fingerprint density at radius 1 is 1.19 bits per heavy atom. The van der Waals surface area contributed by atoms with Crippen molar-refractivity contribution in [1.29, 1.82) is 0 Å². The second kappa shape index (κ2) is 6.43. The standard InChI is InChI=1S/C12H22NO3/c1-10(2)12(15)16-9-8-13(4,5)7-6-11(3)14/h1,6-9H2,2-5H3/q+1. The number of ether oxygens (including phenoxy) is 1. The number of ketones is 1. The molecule has 0 heterocycles. The first-order chi connectivity index (χ1) is 7.24. The van der Waals surface area contributed by atoms with E-state index in [4.69, 9.17) is 4.74 Å². The van der Waals surface area contributed by atoms with Gasteiger partial charge in [-0.1, -0.05) is 6.58 Å². The van der Waals surface area contributed by atoms with Gasteiger partial charge in [0, 0.05) is 5.57 Å². The Bertz CT molecular complexity index is 282. The first-order valence-electron chi connectivity index (χ1n) is 5.39. The van der Waals surface area contributed by atoms with Crippen LogP contribution < -0.4 is 0 Å². The molecule has 0 N–H and O–H groups in total. The molecule has 0 aliphatic heterocycles. The van der Waals surface area contributed by atoms with E-state index in [1.54, 1.807) is 13.8 Å². The van der Waals surface area contributed by atoms with Crippen molar-refractivity contribution in [2.24, 2.45) is 0 Å². The molecule has 0 saturated carbocycles. The molecule has 4 nitrogen and oxygen atoms in total. The smallest absolute Gasteiger partial charge is 0.333 e. The average molecular weight is 228 g/mol. The molecule has 16 heavy (non-hydrogen) atoms. The molecule has 0 aliphatic carbocycles. The predicted molar refractivity (Wildman–Crippen MR) is 62.9 cm³/mol. The van der Waals surface area contributed by atoms with Crippen molar-refractivity contribution in [3.8, 4) is 0 Å². The Balaban J connectivity index is 3.86. The Hall–Kier alpha value is -1.16. The maximum Gasteiger partial charge on any atom is 0.333 e. The lowest BCUT2D eigenvalue weighted by molar-refractivity contribution is -0.889. The molecular formula is C12H22NO3+. The quantitative estimate of drug-likeness (QED) is 0.373. The summed E-state index contributed by atoms with van der Waals surface area (Å²) in [5, 5.41) is 0. The van der Waals surface area contributed by atoms with Crippen LogP contribution in [0.1, 0.15) is 20.3 Å². The van der Waals surface area contributed by atoms with Gasteiger partial charge in [-0.05, 0) is 13.8 Å². The van der Waals surface area contributed by atoms with Crippen molar-refractivity contribution in [3.05, 3.63) is 12.2 Å². The van der Waals surface area contributed by atoms with Gasteiger partial charge in [-0.25, -0.2) is 4.79 Å². The summed E-state index contributed by atoms with van der Waals surface area (Å²) in [6.45, 7) is 8.54. The van der Waals surface area contributed by atoms with Gasteiger partial charge < -0.3 is 9.22 Å². The molecule has 0 aliphatic rings. The summed E-state index contributed by atoms with van der Waals surface area (Å²) in [6.07, 6.45) is 0.557. The van der Waals surface area contributed by atoms with Crippen molar-refractivity contribution in [2.45, 2.75) is 20.3 Å². The molecule has 4 heteroatoms. The van der Waals surface area contributed by atoms with Crippen LogP contribution in [0.3, 0.4) is 0 Å². The molecule has 0 rings (SSSR count). The molecule has 0 saturated heterocycles. The topological polar surface area (TPSA) is 43.4 Å². The zero-order chi connectivity index (χ0) is 12.8. The number of nitrogens with zero attached hydrogens (tertiary/aromatic N) is 1. The van der Waals surface area contributed by atoms with Gasteiger partial charge in [0.1, 0.15) is 18.9 Å². The zero-order valence-electron chi connectivity index (χ0n) is 10.7. The number of hydrogen-bond donors (Lipinski definition) is 0. The van der Waals surface area contributed by atoms with Gasteiger partial charge in [0.15, 0.2) is 0 Å². The number of Topliss-reactive ketones (excluding diaryl/α,β-unsaturated/α-hetero) is 1. The fourth-order valence-corrected chi connectivity index (χ4v) is 1.08. The van der Waals surface area contributed by atoms with Crippen molar-refractivity contribution in [1.82, 2.24) is 0 Å². The van der Waals surface area contributed by atoms with Crippen LogP contribution in [-0.2, 0) is 14.3 Å². The van der Waals surface area contributed by atoms with Gasteiger partial charge in [0.2, 0.25) is 0 Å². The number of quaternary nitrogens is 1. The van der Waals surface area contributed by atoms with Crippen LogP contribution in [-0.4, -0.2) is 50.0 Å². The first-order valence-corrected chi connectivity index (χ1v) is 5.39. The van der Waals surface area contributed by atoms with E-state index in [0.717, 1.165) is 6.54 Å². The van der Waals surface area contributed by atoms with Crippen LogP contribution in [0.4, 0.5) is 0 Å². The maximum absolute atomic E-state index is 11.1. The molecule has 0 amide bonds. The first kappa shape index (κ1) is 14.8. The average Bonchev–Trinajstić information content (AvgIpc) is 2.14. The third kappa shape index (κ3) is 7.17. The molecule has 0 atom stereocenters. The predicted octanol–water partition coefficient (Wildman–Crippen LogP) is 1.16. The van der Waals surface area contributed by atoms with E-state index in [2.05, 4.69) is 6.58 Å². The monoisotopic (exact) mass is 228 g/mol. The summed E-state index contributed by atoms with van der Waals surface area (Å²) in [7, 11) is 4.02. The lowest BCUT2D eigenvalue weighted by atomic mass is 10.3. The SMILES string of the molecule is C=C(C)C(=O)OCC[N+](C)(C)CCC(C)=O. The molecular weight excluding hydrogens is 206 g/mol. The molecule has 0 aromatic heterocycles. The highest BCUT2D eigenvalue weighted by Gasteiger charge is 2.16. The Kier molecular flexibility index (Phi) is 5.96. The molecule has 0 radical (unpaired) electrons. The summed E-state index contributed by atoms with van der Waals surface area (Å²) < 4.78 is 5.68. The van der Waals surface area contributed by atoms with Gasteiger partial charge in [-0.15, -0.1) is 0 Å². The fraction of sp³-hybridized carbons (Fsp3) is 0.667. The van der Waals surface area contributed by atoms with E-state index in [0.29, 0.717) is 29.6 Å². The summed E-state index contributed by atoms with van der Waals surface area (Å²) in [5.74, 6) is -0.170. The highest BCUT2D eigenvalue weighted by molar-refractivity contribution is 5.86. The Morgan fingerprint density at radius 2 is 1.75 bits per heavy atom. The second-order valence-corrected chi connectivity index (χ2v) is 4.75. The van der Waals surface area contributed by atoms with Crippen LogP contribution in [0.2, 0.25) is 0 Å². The van der Waals surface area contributed by atoms with E-state index < -0.39 is 0 Å². The number of likely N-dealkylation sites (N-methyl/N-ethyl adjacent to an activating group) is 1. The molecule has 0 spiro atoms. The maximum atomic E-state index is 11.1. The van der Waals surface area contributed by atoms with Gasteiger partial charge in [0.05, 0.1) is 27.1 Å². The van der Waals surface area contributed by atoms with E-state index in [-0.39, 0.29) is 11.8 Å². The minimum atomic E-state index is -0.355. The third-order valence-corrected chi connectivity index (χ3v) is 2.35.